The topological polar surface area (TPSA) is 63.3 Å². The lowest BCUT2D eigenvalue weighted by atomic mass is 10.0. The van der Waals surface area contributed by atoms with Crippen LogP contribution in [0.2, 0.25) is 0 Å². The molecule has 66 valence electrons. The highest BCUT2D eigenvalue weighted by Gasteiger charge is 2.20. The van der Waals surface area contributed by atoms with Crippen LogP contribution in [0.1, 0.15) is 20.3 Å². The third kappa shape index (κ3) is 3.93. The number of hydrogen-bond donors (Lipinski definition) is 2. The van der Waals surface area contributed by atoms with Gasteiger partial charge in [-0.25, -0.2) is 4.39 Å². The lowest BCUT2D eigenvalue weighted by Gasteiger charge is -2.13. The zero-order valence-electron chi connectivity index (χ0n) is 6.75. The van der Waals surface area contributed by atoms with Gasteiger partial charge in [-0.3, -0.25) is 4.79 Å². The summed E-state index contributed by atoms with van der Waals surface area (Å²) in [7, 11) is 0. The minimum absolute atomic E-state index is 0.104. The molecule has 0 bridgehead atoms. The van der Waals surface area contributed by atoms with Gasteiger partial charge in [0.2, 0.25) is 0 Å². The number of alkyl halides is 1. The lowest BCUT2D eigenvalue weighted by molar-refractivity contribution is -0.139. The molecule has 0 aliphatic carbocycles. The lowest BCUT2D eigenvalue weighted by Crippen LogP contribution is -2.34. The Labute approximate surface area is 65.4 Å². The fourth-order valence-corrected chi connectivity index (χ4v) is 0.616. The van der Waals surface area contributed by atoms with Gasteiger partial charge in [0.15, 0.2) is 0 Å². The Kier molecular flexibility index (Phi) is 4.03. The van der Waals surface area contributed by atoms with Crippen LogP contribution >= 0.6 is 0 Å². The maximum absolute atomic E-state index is 12.8. The first-order valence-corrected chi connectivity index (χ1v) is 3.57. The molecule has 0 saturated carbocycles. The normalized spacial score (nSPS) is 16.5. The smallest absolute Gasteiger partial charge is 0.320 e. The van der Waals surface area contributed by atoms with Crippen LogP contribution in [-0.2, 0) is 4.79 Å². The zero-order chi connectivity index (χ0) is 9.02. The molecule has 0 spiro atoms. The fraction of sp³-hybridized carbons (Fsp3) is 0.857. The van der Waals surface area contributed by atoms with Crippen LogP contribution in [0.3, 0.4) is 0 Å². The third-order valence-corrected chi connectivity index (χ3v) is 1.52. The van der Waals surface area contributed by atoms with E-state index < -0.39 is 18.2 Å². The molecule has 4 heteroatoms. The minimum Gasteiger partial charge on any atom is -0.480 e. The van der Waals surface area contributed by atoms with Crippen LogP contribution in [0.25, 0.3) is 0 Å². The van der Waals surface area contributed by atoms with Crippen molar-refractivity contribution < 1.29 is 14.3 Å². The number of carboxylic acids is 1. The SMILES string of the molecule is CC(C)[C@@H](F)C[C@@H](N)C(=O)O. The average molecular weight is 163 g/mol. The van der Waals surface area contributed by atoms with Gasteiger partial charge in [0, 0.05) is 6.42 Å². The van der Waals surface area contributed by atoms with E-state index in [1.165, 1.54) is 0 Å². The van der Waals surface area contributed by atoms with Gasteiger partial charge in [0.1, 0.15) is 12.2 Å². The quantitative estimate of drug-likeness (QED) is 0.643. The first-order valence-electron chi connectivity index (χ1n) is 3.57. The summed E-state index contributed by atoms with van der Waals surface area (Å²) in [5, 5.41) is 8.32. The molecule has 0 heterocycles. The van der Waals surface area contributed by atoms with Crippen molar-refractivity contribution in [1.82, 2.24) is 0 Å². The third-order valence-electron chi connectivity index (χ3n) is 1.52. The van der Waals surface area contributed by atoms with Crippen LogP contribution in [0.15, 0.2) is 0 Å². The summed E-state index contributed by atoms with van der Waals surface area (Å²) >= 11 is 0. The highest BCUT2D eigenvalue weighted by Crippen LogP contribution is 2.11. The second-order valence-electron chi connectivity index (χ2n) is 2.94. The van der Waals surface area contributed by atoms with Crippen LogP contribution < -0.4 is 5.73 Å². The predicted molar refractivity (Wildman–Crippen MR) is 40.0 cm³/mol. The Morgan fingerprint density at radius 2 is 2.09 bits per heavy atom. The van der Waals surface area contributed by atoms with Crippen molar-refractivity contribution in [1.29, 1.82) is 0 Å². The summed E-state index contributed by atoms with van der Waals surface area (Å²) in [6, 6.07) is -1.08. The summed E-state index contributed by atoms with van der Waals surface area (Å²) < 4.78 is 12.8. The number of hydrogen-bond acceptors (Lipinski definition) is 2. The minimum atomic E-state index is -1.15. The molecular formula is C7H14FNO2. The number of carboxylic acid groups (broad SMARTS) is 1. The van der Waals surface area contributed by atoms with E-state index in [4.69, 9.17) is 10.8 Å². The molecule has 0 saturated heterocycles. The molecular weight excluding hydrogens is 149 g/mol. The first kappa shape index (κ1) is 10.4. The summed E-state index contributed by atoms with van der Waals surface area (Å²) in [6.45, 7) is 3.39. The molecule has 0 aliphatic rings. The summed E-state index contributed by atoms with van der Waals surface area (Å²) in [5.41, 5.74) is 5.12. The van der Waals surface area contributed by atoms with Gasteiger partial charge >= 0.3 is 5.97 Å². The van der Waals surface area contributed by atoms with E-state index in [1.54, 1.807) is 13.8 Å². The second-order valence-corrected chi connectivity index (χ2v) is 2.94. The van der Waals surface area contributed by atoms with Crippen molar-refractivity contribution >= 4 is 5.97 Å². The van der Waals surface area contributed by atoms with Crippen molar-refractivity contribution in [2.24, 2.45) is 11.7 Å². The average Bonchev–Trinajstić information content (AvgIpc) is 1.87. The van der Waals surface area contributed by atoms with E-state index in [0.717, 1.165) is 0 Å². The van der Waals surface area contributed by atoms with Crippen molar-refractivity contribution in [3.05, 3.63) is 0 Å². The van der Waals surface area contributed by atoms with E-state index in [9.17, 15) is 9.18 Å². The molecule has 2 atom stereocenters. The monoisotopic (exact) mass is 163 g/mol. The Hall–Kier alpha value is -0.640. The molecule has 0 amide bonds. The van der Waals surface area contributed by atoms with E-state index in [2.05, 4.69) is 0 Å². The fourth-order valence-electron chi connectivity index (χ4n) is 0.616. The first-order chi connectivity index (χ1) is 4.95. The molecule has 0 unspecified atom stereocenters. The van der Waals surface area contributed by atoms with Gasteiger partial charge in [-0.2, -0.15) is 0 Å². The zero-order valence-corrected chi connectivity index (χ0v) is 6.75. The van der Waals surface area contributed by atoms with Gasteiger partial charge in [-0.05, 0) is 5.92 Å². The Bertz CT molecular complexity index is 138. The van der Waals surface area contributed by atoms with Gasteiger partial charge in [0.25, 0.3) is 0 Å². The van der Waals surface area contributed by atoms with Crippen molar-refractivity contribution in [2.75, 3.05) is 0 Å². The molecule has 0 aliphatic heterocycles. The van der Waals surface area contributed by atoms with E-state index >= 15 is 0 Å². The highest BCUT2D eigenvalue weighted by molar-refractivity contribution is 5.73. The number of halogens is 1. The van der Waals surface area contributed by atoms with Gasteiger partial charge in [0.05, 0.1) is 0 Å². The molecule has 0 radical (unpaired) electrons. The Balaban J connectivity index is 3.75. The Morgan fingerprint density at radius 1 is 1.64 bits per heavy atom. The number of rotatable bonds is 4. The molecule has 0 aromatic heterocycles. The predicted octanol–water partition coefficient (Wildman–Crippen LogP) is 0.782. The van der Waals surface area contributed by atoms with Crippen LogP contribution in [0, 0.1) is 5.92 Å². The van der Waals surface area contributed by atoms with E-state index in [0.29, 0.717) is 0 Å². The van der Waals surface area contributed by atoms with Gasteiger partial charge in [-0.1, -0.05) is 13.8 Å². The standard InChI is InChI=1S/C7H14FNO2/c1-4(2)5(8)3-6(9)7(10)11/h4-6H,3,9H2,1-2H3,(H,10,11)/t5-,6+/m0/s1. The summed E-state index contributed by atoms with van der Waals surface area (Å²) in [5.74, 6) is -1.31. The molecule has 3 N–H and O–H groups in total. The molecule has 0 rings (SSSR count). The van der Waals surface area contributed by atoms with Crippen molar-refractivity contribution in [3.8, 4) is 0 Å². The van der Waals surface area contributed by atoms with Crippen molar-refractivity contribution in [2.45, 2.75) is 32.5 Å². The Morgan fingerprint density at radius 3 is 2.36 bits per heavy atom. The second kappa shape index (κ2) is 4.28. The van der Waals surface area contributed by atoms with E-state index in [1.807, 2.05) is 0 Å². The summed E-state index contributed by atoms with van der Waals surface area (Å²) in [6.07, 6.45) is -1.23. The van der Waals surface area contributed by atoms with E-state index in [-0.39, 0.29) is 12.3 Å². The molecule has 0 fully saturated rings. The largest absolute Gasteiger partial charge is 0.480 e. The van der Waals surface area contributed by atoms with Crippen LogP contribution in [0.5, 0.6) is 0 Å². The maximum Gasteiger partial charge on any atom is 0.320 e. The van der Waals surface area contributed by atoms with Gasteiger partial charge < -0.3 is 10.8 Å². The maximum atomic E-state index is 12.8. The number of nitrogens with two attached hydrogens (primary N) is 1. The molecule has 11 heavy (non-hydrogen) atoms. The summed E-state index contributed by atoms with van der Waals surface area (Å²) in [4.78, 5) is 10.2. The highest BCUT2D eigenvalue weighted by atomic mass is 19.1. The molecule has 0 aromatic carbocycles. The van der Waals surface area contributed by atoms with Gasteiger partial charge in [-0.15, -0.1) is 0 Å². The molecule has 0 aromatic rings. The van der Waals surface area contributed by atoms with Crippen LogP contribution in [0.4, 0.5) is 4.39 Å². The van der Waals surface area contributed by atoms with Crippen LogP contribution in [-0.4, -0.2) is 23.3 Å². The molecule has 3 nitrogen and oxygen atoms in total. The number of aliphatic carboxylic acids is 1. The number of carbonyl (C=O) groups is 1. The van der Waals surface area contributed by atoms with Crippen molar-refractivity contribution in [3.63, 3.8) is 0 Å².